The number of pyridine rings is 2. The molecule has 0 atom stereocenters. The molecule has 0 unspecified atom stereocenters. The number of rotatable bonds is 28. The number of likely N-dealkylation sites (tertiary alicyclic amines) is 2. The molecule has 2 saturated carbocycles. The van der Waals surface area contributed by atoms with Crippen LogP contribution in [0.25, 0.3) is 33.2 Å². The Morgan fingerprint density at radius 3 is 1.29 bits per heavy atom. The van der Waals surface area contributed by atoms with Crippen LogP contribution in [-0.2, 0) is 29.5 Å². The Hall–Kier alpha value is -11.0. The molecule has 20 rings (SSSR count). The van der Waals surface area contributed by atoms with E-state index in [0.29, 0.717) is 70.6 Å². The van der Waals surface area contributed by atoms with E-state index in [4.69, 9.17) is 42.1 Å². The number of piperidine rings is 2. The lowest BCUT2D eigenvalue weighted by atomic mass is 9.59. The average Bonchev–Trinajstić information content (AvgIpc) is 0.857. The number of ether oxygens (including phenoxy) is 4. The van der Waals surface area contributed by atoms with Gasteiger partial charge in [-0.25, -0.2) is 36.2 Å². The molecular formula is C100H114Cl2N16O14S2. The maximum atomic E-state index is 14.1. The van der Waals surface area contributed by atoms with E-state index in [-0.39, 0.29) is 39.7 Å². The highest BCUT2D eigenvalue weighted by Crippen LogP contribution is 2.57. The number of nitrogens with one attached hydrogen (secondary N) is 6. The van der Waals surface area contributed by atoms with Gasteiger partial charge in [0.15, 0.2) is 0 Å². The molecule has 4 aliphatic carbocycles. The van der Waals surface area contributed by atoms with Crippen LogP contribution in [0.1, 0.15) is 147 Å². The molecule has 34 heteroatoms. The monoisotopic (exact) mass is 1900 g/mol. The summed E-state index contributed by atoms with van der Waals surface area (Å²) < 4.78 is 83.2. The lowest BCUT2D eigenvalue weighted by Crippen LogP contribution is -2.52. The van der Waals surface area contributed by atoms with Gasteiger partial charge in [-0.15, -0.1) is 0 Å². The summed E-state index contributed by atoms with van der Waals surface area (Å²) in [4.78, 5) is 80.1. The van der Waals surface area contributed by atoms with Gasteiger partial charge in [-0.3, -0.25) is 44.5 Å². The second-order valence-electron chi connectivity index (χ2n) is 38.0. The molecule has 10 aromatic rings. The number of nitro groups is 2. The first-order valence-corrected chi connectivity index (χ1v) is 50.9. The van der Waals surface area contributed by atoms with E-state index in [1.54, 1.807) is 67.1 Å². The number of nitrogens with zero attached hydrogens (tertiary/aromatic N) is 10. The minimum absolute atomic E-state index is 0.0241. The minimum atomic E-state index is -4.57. The Kier molecular flexibility index (Phi) is 27.5. The summed E-state index contributed by atoms with van der Waals surface area (Å²) in [5.41, 5.74) is 12.0. The van der Waals surface area contributed by atoms with Crippen molar-refractivity contribution in [3.8, 4) is 23.0 Å². The lowest BCUT2D eigenvalue weighted by Gasteiger charge is -2.47. The quantitative estimate of drug-likeness (QED) is 0.0196. The first-order chi connectivity index (χ1) is 64.9. The number of carbonyl (C=O) groups is 2. The van der Waals surface area contributed by atoms with Gasteiger partial charge in [-0.1, -0.05) is 71.5 Å². The molecule has 30 nitrogen and oxygen atoms in total. The van der Waals surface area contributed by atoms with Crippen molar-refractivity contribution in [2.45, 2.75) is 137 Å². The molecule has 4 aromatic heterocycles. The van der Waals surface area contributed by atoms with Crippen molar-refractivity contribution in [2.75, 3.05) is 152 Å². The summed E-state index contributed by atoms with van der Waals surface area (Å²) in [5, 5.41) is 34.0. The molecule has 10 heterocycles. The number of hydrogen-bond donors (Lipinski definition) is 6. The summed E-state index contributed by atoms with van der Waals surface area (Å²) in [6, 6.07) is 42.5. The molecule has 134 heavy (non-hydrogen) atoms. The largest absolute Gasteiger partial charge is 0.455 e. The van der Waals surface area contributed by atoms with Crippen LogP contribution in [-0.4, -0.2) is 221 Å². The van der Waals surface area contributed by atoms with Crippen molar-refractivity contribution in [3.63, 3.8) is 0 Å². The van der Waals surface area contributed by atoms with Crippen LogP contribution >= 0.6 is 23.2 Å². The van der Waals surface area contributed by atoms with E-state index in [0.717, 1.165) is 227 Å². The predicted molar refractivity (Wildman–Crippen MR) is 519 cm³/mol. The van der Waals surface area contributed by atoms with Crippen LogP contribution in [0.15, 0.2) is 191 Å². The molecule has 2 amide bonds. The molecule has 6 aromatic carbocycles. The van der Waals surface area contributed by atoms with Crippen LogP contribution in [0.2, 0.25) is 10.0 Å². The maximum absolute atomic E-state index is 14.1. The second kappa shape index (κ2) is 40.1. The SMILES string of the molecule is O=C(NS(=O)(=O)c1ccc(NCC2CCN(C3CCOCC3)CC2)c([N+](=O)[O-])c1)c1ccc(N2CCN(CC3=C(c4ccc(Cl)cc4)CC4(CCC4)CC3)CC2)cc1Oc1cnc2[nH]ccc2c1.O=C(NS(=O)(=O)c1ccc(NCC2CCN(C3COC3)CC2)c([N+](=O)[O-])c1)c1ccc(N2CCN(CC3=C(c4ccc(Cl)cc4)CC4(CCC4)CC3)CC2)cc1Oc1cnc2[nH]ccc2c1. The van der Waals surface area contributed by atoms with Crippen LogP contribution in [0.5, 0.6) is 23.0 Å². The zero-order valence-corrected chi connectivity index (χ0v) is 78.3. The Morgan fingerprint density at radius 2 is 0.903 bits per heavy atom. The third kappa shape index (κ3) is 21.1. The van der Waals surface area contributed by atoms with Gasteiger partial charge in [0.1, 0.15) is 45.7 Å². The summed E-state index contributed by atoms with van der Waals surface area (Å²) in [5.74, 6) is -0.242. The predicted octanol–water partition coefficient (Wildman–Crippen LogP) is 17.8. The molecule has 704 valence electrons. The van der Waals surface area contributed by atoms with E-state index < -0.39 is 57.2 Å². The van der Waals surface area contributed by atoms with Crippen LogP contribution in [0.4, 0.5) is 34.1 Å². The van der Waals surface area contributed by atoms with Crippen molar-refractivity contribution < 1.29 is 55.2 Å². The number of carbonyl (C=O) groups excluding carboxylic acids is 2. The van der Waals surface area contributed by atoms with Crippen molar-refractivity contribution in [3.05, 3.63) is 234 Å². The number of hydrogen-bond acceptors (Lipinski definition) is 24. The highest BCUT2D eigenvalue weighted by Gasteiger charge is 2.44. The topological polar surface area (TPSA) is 351 Å². The van der Waals surface area contributed by atoms with Crippen molar-refractivity contribution in [2.24, 2.45) is 22.7 Å². The zero-order chi connectivity index (χ0) is 92.2. The van der Waals surface area contributed by atoms with Crippen LogP contribution in [0.3, 0.4) is 0 Å². The number of halogens is 2. The summed E-state index contributed by atoms with van der Waals surface area (Å²) in [6.07, 6.45) is 27.4. The van der Waals surface area contributed by atoms with Crippen molar-refractivity contribution in [1.29, 1.82) is 0 Å². The van der Waals surface area contributed by atoms with E-state index in [1.807, 2.05) is 36.4 Å². The first-order valence-electron chi connectivity index (χ1n) is 47.2. The van der Waals surface area contributed by atoms with E-state index >= 15 is 0 Å². The van der Waals surface area contributed by atoms with Gasteiger partial charge in [-0.2, -0.15) is 0 Å². The molecule has 6 aliphatic heterocycles. The van der Waals surface area contributed by atoms with Gasteiger partial charge in [0, 0.05) is 167 Å². The van der Waals surface area contributed by atoms with E-state index in [9.17, 15) is 46.7 Å². The smallest absolute Gasteiger partial charge is 0.293 e. The Balaban J connectivity index is 0.000000172. The molecule has 8 fully saturated rings. The summed E-state index contributed by atoms with van der Waals surface area (Å²) in [6.45, 7) is 16.1. The highest BCUT2D eigenvalue weighted by molar-refractivity contribution is 7.90. The fourth-order valence-corrected chi connectivity index (χ4v) is 23.5. The first kappa shape index (κ1) is 92.0. The molecular weight excluding hydrogens is 1780 g/mol. The molecule has 6 N–H and O–H groups in total. The average molecular weight is 1900 g/mol. The number of aromatic amines is 2. The highest BCUT2D eigenvalue weighted by atomic mass is 35.5. The number of piperazine rings is 2. The number of sulfonamides is 2. The van der Waals surface area contributed by atoms with Gasteiger partial charge < -0.3 is 54.2 Å². The summed E-state index contributed by atoms with van der Waals surface area (Å²) >= 11 is 12.6. The molecule has 2 spiro atoms. The Labute approximate surface area is 790 Å². The van der Waals surface area contributed by atoms with Gasteiger partial charge in [0.2, 0.25) is 0 Å². The number of aromatic nitrogens is 4. The van der Waals surface area contributed by atoms with Gasteiger partial charge in [-0.05, 0) is 271 Å². The number of benzene rings is 6. The van der Waals surface area contributed by atoms with Gasteiger partial charge in [0.25, 0.3) is 43.2 Å². The number of anilines is 4. The van der Waals surface area contributed by atoms with E-state index in [2.05, 4.69) is 93.7 Å². The Bertz CT molecular complexity index is 6310. The Morgan fingerprint density at radius 1 is 0.485 bits per heavy atom. The molecule has 6 saturated heterocycles. The number of fused-ring (bicyclic) bond motifs is 2. The number of allylic oxidation sites excluding steroid dienone is 2. The zero-order valence-electron chi connectivity index (χ0n) is 75.1. The molecule has 0 bridgehead atoms. The fourth-order valence-electron chi connectivity index (χ4n) is 21.3. The maximum Gasteiger partial charge on any atom is 0.293 e. The lowest BCUT2D eigenvalue weighted by molar-refractivity contribution is -0.384. The van der Waals surface area contributed by atoms with Gasteiger partial charge in [0.05, 0.1) is 62.4 Å². The third-order valence-corrected chi connectivity index (χ3v) is 32.9. The molecule has 10 aliphatic rings. The molecule has 0 radical (unpaired) electrons. The fraction of sp³-hybridized carbons (Fsp3) is 0.440. The van der Waals surface area contributed by atoms with Gasteiger partial charge >= 0.3 is 0 Å². The van der Waals surface area contributed by atoms with Crippen molar-refractivity contribution >= 4 is 122 Å². The number of amides is 2. The normalized spacial score (nSPS) is 19.7. The minimum Gasteiger partial charge on any atom is -0.455 e. The van der Waals surface area contributed by atoms with Crippen molar-refractivity contribution in [1.82, 2.24) is 49.0 Å². The standard InChI is InChI=1S/C51H59ClN8O7S.C49H55ClN8O7S/c52-39-4-2-36(3-5-39)45-31-51(16-1-17-51)18-10-38(45)34-57-22-24-59(25-23-57)41-6-8-44(48(29-41)67-42-28-37-11-19-53-49(37)55-33-42)50(61)56-68(64,65)43-7-9-46(47(30-43)60(62)63)54-32-35-12-20-58(21-13-35)40-14-26-66-27-15-40;50-37-4-2-34(3-5-37)43-27-49(14-1-15-49)16-10-36(43)30-55-20-22-57(23-21-55)38-6-8-42(46(25-38)65-40-24-35-11-17-51-47(35)53-29-40)48(59)54-66(62,63)41-7-9-44(45(26-41)58(60)61)52-28-33-12-18-56(19-13-33)39-31-64-32-39/h2-9,11,19,28-30,33,35,40,54H,1,10,12-18,20-27,31-32,34H2,(H,53,55)(H,56,61);2-9,11,17,24-26,29,33,39,52H,1,10,12-16,18-23,27-28,30-32H2,(H,51,53)(H,54,59). The summed E-state index contributed by atoms with van der Waals surface area (Å²) in [7, 11) is -9.13. The number of H-pyrrole nitrogens is 2. The van der Waals surface area contributed by atoms with Crippen LogP contribution in [0, 0.1) is 42.9 Å². The second-order valence-corrected chi connectivity index (χ2v) is 42.2. The van der Waals surface area contributed by atoms with Crippen LogP contribution < -0.4 is 39.4 Å². The number of nitro benzene ring substituents is 2. The van der Waals surface area contributed by atoms with E-state index in [1.165, 1.54) is 115 Å². The third-order valence-electron chi connectivity index (χ3n) is 29.7.